The minimum Gasteiger partial charge on any atom is -0.497 e. The number of hydrogen-bond acceptors (Lipinski definition) is 4. The third kappa shape index (κ3) is 3.51. The molecule has 0 saturated heterocycles. The van der Waals surface area contributed by atoms with Crippen LogP contribution in [0.1, 0.15) is 12.6 Å². The number of hydrogen-bond donors (Lipinski definition) is 0. The number of oxazole rings is 1. The van der Waals surface area contributed by atoms with Gasteiger partial charge in [0.2, 0.25) is 5.89 Å². The number of ether oxygens (including phenoxy) is 1. The minimum atomic E-state index is 0.609. The number of benzene rings is 3. The van der Waals surface area contributed by atoms with Crippen molar-refractivity contribution in [1.29, 1.82) is 0 Å². The molecule has 27 heavy (non-hydrogen) atoms. The Bertz CT molecular complexity index is 1050. The Morgan fingerprint density at radius 2 is 1.81 bits per heavy atom. The molecule has 0 radical (unpaired) electrons. The molecule has 0 fully saturated rings. The summed E-state index contributed by atoms with van der Waals surface area (Å²) in [5.74, 6) is 1.40. The fourth-order valence-corrected chi connectivity index (χ4v) is 3.32. The van der Waals surface area contributed by atoms with Crippen LogP contribution in [0.4, 0.5) is 5.69 Å². The first-order valence-corrected chi connectivity index (χ1v) is 9.10. The lowest BCUT2D eigenvalue weighted by atomic mass is 10.1. The molecule has 4 rings (SSSR count). The predicted molar refractivity (Wildman–Crippen MR) is 109 cm³/mol. The van der Waals surface area contributed by atoms with E-state index in [1.54, 1.807) is 13.4 Å². The number of anilines is 1. The SMILES string of the molecule is CCN(Cc1coc(-c2cccc(OC)c2)n1)c1cccc2ccccc12. The average molecular weight is 358 g/mol. The van der Waals surface area contributed by atoms with Crippen molar-refractivity contribution in [3.8, 4) is 17.2 Å². The van der Waals surface area contributed by atoms with Crippen LogP contribution in [-0.4, -0.2) is 18.6 Å². The maximum atomic E-state index is 5.73. The third-order valence-corrected chi connectivity index (χ3v) is 4.71. The molecule has 0 aliphatic heterocycles. The Labute approximate surface area is 159 Å². The molecule has 0 bridgehead atoms. The molecule has 0 spiro atoms. The summed E-state index contributed by atoms with van der Waals surface area (Å²) in [6, 6.07) is 22.6. The first-order valence-electron chi connectivity index (χ1n) is 9.10. The molecule has 4 aromatic rings. The van der Waals surface area contributed by atoms with Crippen molar-refractivity contribution in [2.45, 2.75) is 13.5 Å². The molecule has 3 aromatic carbocycles. The highest BCUT2D eigenvalue weighted by atomic mass is 16.5. The van der Waals surface area contributed by atoms with E-state index in [0.29, 0.717) is 12.4 Å². The summed E-state index contributed by atoms with van der Waals surface area (Å²) < 4.78 is 11.0. The van der Waals surface area contributed by atoms with Gasteiger partial charge in [-0.2, -0.15) is 0 Å². The standard InChI is InChI=1S/C23H22N2O2/c1-3-25(22-13-7-9-17-8-4-5-12-21(17)22)15-19-16-27-23(24-19)18-10-6-11-20(14-18)26-2/h4-14,16H,3,15H2,1-2H3. The summed E-state index contributed by atoms with van der Waals surface area (Å²) in [6.45, 7) is 3.73. The van der Waals surface area contributed by atoms with E-state index in [4.69, 9.17) is 9.15 Å². The van der Waals surface area contributed by atoms with E-state index in [2.05, 4.69) is 59.3 Å². The molecule has 0 unspecified atom stereocenters. The molecule has 0 aliphatic carbocycles. The first kappa shape index (κ1) is 17.2. The van der Waals surface area contributed by atoms with Crippen LogP contribution in [0.2, 0.25) is 0 Å². The van der Waals surface area contributed by atoms with E-state index < -0.39 is 0 Å². The lowest BCUT2D eigenvalue weighted by Gasteiger charge is -2.23. The minimum absolute atomic E-state index is 0.609. The van der Waals surface area contributed by atoms with Gasteiger partial charge in [0.1, 0.15) is 12.0 Å². The van der Waals surface area contributed by atoms with Gasteiger partial charge in [-0.15, -0.1) is 0 Å². The van der Waals surface area contributed by atoms with E-state index in [1.165, 1.54) is 16.5 Å². The molecule has 0 saturated carbocycles. The van der Waals surface area contributed by atoms with E-state index in [1.807, 2.05) is 24.3 Å². The molecule has 136 valence electrons. The zero-order chi connectivity index (χ0) is 18.6. The summed E-state index contributed by atoms with van der Waals surface area (Å²) in [7, 11) is 1.66. The Hall–Kier alpha value is -3.27. The fourth-order valence-electron chi connectivity index (χ4n) is 3.32. The molecular weight excluding hydrogens is 336 g/mol. The summed E-state index contributed by atoms with van der Waals surface area (Å²) >= 11 is 0. The van der Waals surface area contributed by atoms with Gasteiger partial charge in [0.15, 0.2) is 0 Å². The average Bonchev–Trinajstić information content (AvgIpc) is 3.20. The van der Waals surface area contributed by atoms with Crippen molar-refractivity contribution in [3.63, 3.8) is 0 Å². The van der Waals surface area contributed by atoms with Crippen LogP contribution in [-0.2, 0) is 6.54 Å². The van der Waals surface area contributed by atoms with Crippen LogP contribution in [0, 0.1) is 0 Å². The highest BCUT2D eigenvalue weighted by Crippen LogP contribution is 2.28. The van der Waals surface area contributed by atoms with Crippen LogP contribution in [0.15, 0.2) is 77.4 Å². The molecule has 1 aromatic heterocycles. The van der Waals surface area contributed by atoms with Gasteiger partial charge in [0, 0.05) is 23.2 Å². The smallest absolute Gasteiger partial charge is 0.226 e. The zero-order valence-corrected chi connectivity index (χ0v) is 15.6. The van der Waals surface area contributed by atoms with Crippen LogP contribution >= 0.6 is 0 Å². The molecule has 0 N–H and O–H groups in total. The number of rotatable bonds is 6. The predicted octanol–water partition coefficient (Wildman–Crippen LogP) is 5.53. The summed E-state index contributed by atoms with van der Waals surface area (Å²) in [5.41, 5.74) is 3.03. The third-order valence-electron chi connectivity index (χ3n) is 4.71. The van der Waals surface area contributed by atoms with Gasteiger partial charge in [-0.25, -0.2) is 4.98 Å². The zero-order valence-electron chi connectivity index (χ0n) is 15.6. The fraction of sp³-hybridized carbons (Fsp3) is 0.174. The molecule has 4 heteroatoms. The van der Waals surface area contributed by atoms with Crippen LogP contribution in [0.5, 0.6) is 5.75 Å². The highest BCUT2D eigenvalue weighted by molar-refractivity contribution is 5.94. The summed E-state index contributed by atoms with van der Waals surface area (Å²) in [4.78, 5) is 7.00. The lowest BCUT2D eigenvalue weighted by Crippen LogP contribution is -2.22. The monoisotopic (exact) mass is 358 g/mol. The van der Waals surface area contributed by atoms with Crippen molar-refractivity contribution >= 4 is 16.5 Å². The molecular formula is C23H22N2O2. The van der Waals surface area contributed by atoms with Gasteiger partial charge < -0.3 is 14.1 Å². The normalized spacial score (nSPS) is 10.9. The summed E-state index contributed by atoms with van der Waals surface area (Å²) in [6.07, 6.45) is 1.74. The largest absolute Gasteiger partial charge is 0.497 e. The quantitative estimate of drug-likeness (QED) is 0.454. The van der Waals surface area contributed by atoms with Crippen molar-refractivity contribution < 1.29 is 9.15 Å². The molecule has 0 amide bonds. The maximum Gasteiger partial charge on any atom is 0.226 e. The van der Waals surface area contributed by atoms with Gasteiger partial charge >= 0.3 is 0 Å². The van der Waals surface area contributed by atoms with Crippen LogP contribution in [0.25, 0.3) is 22.2 Å². The highest BCUT2D eigenvalue weighted by Gasteiger charge is 2.13. The Balaban J connectivity index is 1.62. The van der Waals surface area contributed by atoms with E-state index in [9.17, 15) is 0 Å². The molecule has 0 aliphatic rings. The number of nitrogens with zero attached hydrogens (tertiary/aromatic N) is 2. The molecule has 4 nitrogen and oxygen atoms in total. The van der Waals surface area contributed by atoms with Crippen molar-refractivity contribution in [1.82, 2.24) is 4.98 Å². The van der Waals surface area contributed by atoms with Gasteiger partial charge in [0.25, 0.3) is 0 Å². The Kier molecular flexibility index (Phi) is 4.79. The van der Waals surface area contributed by atoms with Gasteiger partial charge in [-0.05, 0) is 36.6 Å². The molecule has 1 heterocycles. The van der Waals surface area contributed by atoms with E-state index in [0.717, 1.165) is 23.6 Å². The van der Waals surface area contributed by atoms with Crippen LogP contribution < -0.4 is 9.64 Å². The van der Waals surface area contributed by atoms with Gasteiger partial charge in [0.05, 0.1) is 19.3 Å². The second kappa shape index (κ2) is 7.54. The lowest BCUT2D eigenvalue weighted by molar-refractivity contribution is 0.414. The van der Waals surface area contributed by atoms with Gasteiger partial charge in [-0.3, -0.25) is 0 Å². The van der Waals surface area contributed by atoms with E-state index in [-0.39, 0.29) is 0 Å². The van der Waals surface area contributed by atoms with Crippen LogP contribution in [0.3, 0.4) is 0 Å². The number of aromatic nitrogens is 1. The Morgan fingerprint density at radius 3 is 2.67 bits per heavy atom. The second-order valence-corrected chi connectivity index (χ2v) is 6.39. The number of fused-ring (bicyclic) bond motifs is 1. The van der Waals surface area contributed by atoms with Crippen molar-refractivity contribution in [3.05, 3.63) is 78.7 Å². The van der Waals surface area contributed by atoms with Crippen molar-refractivity contribution in [2.24, 2.45) is 0 Å². The van der Waals surface area contributed by atoms with E-state index >= 15 is 0 Å². The van der Waals surface area contributed by atoms with Gasteiger partial charge in [-0.1, -0.05) is 42.5 Å². The second-order valence-electron chi connectivity index (χ2n) is 6.39. The number of methoxy groups -OCH3 is 1. The molecule has 0 atom stereocenters. The topological polar surface area (TPSA) is 38.5 Å². The first-order chi connectivity index (χ1) is 13.3. The Morgan fingerprint density at radius 1 is 1.00 bits per heavy atom. The van der Waals surface area contributed by atoms with Crippen molar-refractivity contribution in [2.75, 3.05) is 18.6 Å². The maximum absolute atomic E-state index is 5.73. The summed E-state index contributed by atoms with van der Waals surface area (Å²) in [5, 5.41) is 2.49.